The van der Waals surface area contributed by atoms with Crippen LogP contribution >= 0.6 is 11.3 Å². The molecule has 19 heavy (non-hydrogen) atoms. The Labute approximate surface area is 119 Å². The highest BCUT2D eigenvalue weighted by Crippen LogP contribution is 2.22. The fourth-order valence-corrected chi connectivity index (χ4v) is 2.93. The lowest BCUT2D eigenvalue weighted by Crippen LogP contribution is -2.22. The van der Waals surface area contributed by atoms with E-state index in [9.17, 15) is 0 Å². The average Bonchev–Trinajstić information content (AvgIpc) is 2.81. The van der Waals surface area contributed by atoms with Crippen LogP contribution in [-0.2, 0) is 6.54 Å². The molecule has 2 nitrogen and oxygen atoms in total. The summed E-state index contributed by atoms with van der Waals surface area (Å²) in [4.78, 5) is 5.64. The summed E-state index contributed by atoms with van der Waals surface area (Å²) in [7, 11) is 0. The van der Waals surface area contributed by atoms with Gasteiger partial charge in [0.15, 0.2) is 0 Å². The van der Waals surface area contributed by atoms with Gasteiger partial charge >= 0.3 is 0 Å². The van der Waals surface area contributed by atoms with Crippen LogP contribution in [0.4, 0.5) is 0 Å². The topological polar surface area (TPSA) is 24.9 Å². The molecule has 0 aliphatic carbocycles. The lowest BCUT2D eigenvalue weighted by molar-refractivity contribution is 0.429. The molecule has 102 valence electrons. The van der Waals surface area contributed by atoms with Crippen molar-refractivity contribution in [1.29, 1.82) is 0 Å². The van der Waals surface area contributed by atoms with E-state index in [1.54, 1.807) is 11.3 Å². The van der Waals surface area contributed by atoms with Crippen LogP contribution in [0.1, 0.15) is 42.4 Å². The van der Waals surface area contributed by atoms with Crippen molar-refractivity contribution >= 4 is 11.3 Å². The van der Waals surface area contributed by atoms with Crippen molar-refractivity contribution in [1.82, 2.24) is 10.3 Å². The molecule has 0 radical (unpaired) electrons. The second-order valence-electron chi connectivity index (χ2n) is 5.33. The molecule has 0 fully saturated rings. The number of nitrogens with zero attached hydrogens (tertiary/aromatic N) is 1. The molecule has 1 unspecified atom stereocenters. The summed E-state index contributed by atoms with van der Waals surface area (Å²) in [6.45, 7) is 7.53. The Bertz CT molecular complexity index is 490. The lowest BCUT2D eigenvalue weighted by Gasteiger charge is -2.21. The molecular weight excluding hydrogens is 252 g/mol. The van der Waals surface area contributed by atoms with Gasteiger partial charge in [0.2, 0.25) is 0 Å². The number of thiazole rings is 1. The van der Waals surface area contributed by atoms with Crippen molar-refractivity contribution in [3.63, 3.8) is 0 Å². The van der Waals surface area contributed by atoms with Gasteiger partial charge < -0.3 is 5.32 Å². The second kappa shape index (κ2) is 6.83. The number of aromatic nitrogens is 1. The molecule has 0 amide bonds. The number of hydrogen-bond donors (Lipinski definition) is 1. The molecule has 1 aromatic carbocycles. The highest BCUT2D eigenvalue weighted by molar-refractivity contribution is 7.09. The van der Waals surface area contributed by atoms with E-state index in [0.29, 0.717) is 12.0 Å². The SMILES string of the molecule is Cc1ncsc1CNC(CC(C)C)c1ccccc1. The molecule has 0 spiro atoms. The molecule has 0 bridgehead atoms. The number of hydrogen-bond acceptors (Lipinski definition) is 3. The molecule has 0 aliphatic heterocycles. The molecule has 1 N–H and O–H groups in total. The third-order valence-electron chi connectivity index (χ3n) is 3.26. The van der Waals surface area contributed by atoms with Gasteiger partial charge in [-0.1, -0.05) is 44.2 Å². The van der Waals surface area contributed by atoms with Crippen LogP contribution in [0.2, 0.25) is 0 Å². The smallest absolute Gasteiger partial charge is 0.0798 e. The molecular formula is C16H22N2S. The monoisotopic (exact) mass is 274 g/mol. The van der Waals surface area contributed by atoms with Crippen molar-refractivity contribution in [3.8, 4) is 0 Å². The van der Waals surface area contributed by atoms with Crippen LogP contribution in [0.5, 0.6) is 0 Å². The Kier molecular flexibility index (Phi) is 5.11. The minimum Gasteiger partial charge on any atom is -0.305 e. The fourth-order valence-electron chi connectivity index (χ4n) is 2.21. The van der Waals surface area contributed by atoms with Crippen LogP contribution in [0.15, 0.2) is 35.8 Å². The molecule has 0 saturated heterocycles. The van der Waals surface area contributed by atoms with Gasteiger partial charge in [-0.2, -0.15) is 0 Å². The van der Waals surface area contributed by atoms with E-state index in [4.69, 9.17) is 0 Å². The first-order valence-corrected chi connectivity index (χ1v) is 7.72. The van der Waals surface area contributed by atoms with E-state index in [-0.39, 0.29) is 0 Å². The van der Waals surface area contributed by atoms with Gasteiger partial charge in [0, 0.05) is 17.5 Å². The Balaban J connectivity index is 2.04. The molecule has 0 aliphatic rings. The highest BCUT2D eigenvalue weighted by atomic mass is 32.1. The third kappa shape index (κ3) is 4.15. The summed E-state index contributed by atoms with van der Waals surface area (Å²) in [5.74, 6) is 0.681. The first-order valence-electron chi connectivity index (χ1n) is 6.84. The number of rotatable bonds is 6. The first-order chi connectivity index (χ1) is 9.16. The predicted octanol–water partition coefficient (Wildman–Crippen LogP) is 4.33. The Morgan fingerprint density at radius 3 is 2.53 bits per heavy atom. The number of benzene rings is 1. The largest absolute Gasteiger partial charge is 0.305 e. The lowest BCUT2D eigenvalue weighted by atomic mass is 9.97. The number of aryl methyl sites for hydroxylation is 1. The highest BCUT2D eigenvalue weighted by Gasteiger charge is 2.13. The summed E-state index contributed by atoms with van der Waals surface area (Å²) in [6.07, 6.45) is 1.15. The second-order valence-corrected chi connectivity index (χ2v) is 6.27. The van der Waals surface area contributed by atoms with Crippen molar-refractivity contribution in [2.24, 2.45) is 5.92 Å². The maximum atomic E-state index is 4.31. The van der Waals surface area contributed by atoms with E-state index in [1.807, 2.05) is 5.51 Å². The van der Waals surface area contributed by atoms with Crippen molar-refractivity contribution in [3.05, 3.63) is 52.0 Å². The summed E-state index contributed by atoms with van der Waals surface area (Å²) < 4.78 is 0. The molecule has 2 aromatic rings. The quantitative estimate of drug-likeness (QED) is 0.848. The molecule has 1 atom stereocenters. The minimum absolute atomic E-state index is 0.419. The Morgan fingerprint density at radius 1 is 1.21 bits per heavy atom. The normalized spacial score (nSPS) is 12.8. The Morgan fingerprint density at radius 2 is 1.95 bits per heavy atom. The van der Waals surface area contributed by atoms with Crippen molar-refractivity contribution in [2.75, 3.05) is 0 Å². The van der Waals surface area contributed by atoms with Crippen LogP contribution in [0.3, 0.4) is 0 Å². The van der Waals surface area contributed by atoms with E-state index in [0.717, 1.165) is 18.7 Å². The molecule has 0 saturated carbocycles. The van der Waals surface area contributed by atoms with Gasteiger partial charge in [0.25, 0.3) is 0 Å². The zero-order valence-electron chi connectivity index (χ0n) is 11.9. The molecule has 3 heteroatoms. The van der Waals surface area contributed by atoms with Gasteiger partial charge in [-0.05, 0) is 24.8 Å². The van der Waals surface area contributed by atoms with E-state index >= 15 is 0 Å². The van der Waals surface area contributed by atoms with E-state index < -0.39 is 0 Å². The maximum absolute atomic E-state index is 4.31. The van der Waals surface area contributed by atoms with Gasteiger partial charge in [0.05, 0.1) is 11.2 Å². The van der Waals surface area contributed by atoms with Gasteiger partial charge in [0.1, 0.15) is 0 Å². The molecule has 1 heterocycles. The molecule has 2 rings (SSSR count). The zero-order valence-corrected chi connectivity index (χ0v) is 12.7. The number of nitrogens with one attached hydrogen (secondary N) is 1. The van der Waals surface area contributed by atoms with Crippen molar-refractivity contribution in [2.45, 2.75) is 39.8 Å². The average molecular weight is 274 g/mol. The fraction of sp³-hybridized carbons (Fsp3) is 0.438. The molecule has 1 aromatic heterocycles. The summed E-state index contributed by atoms with van der Waals surface area (Å²) >= 11 is 1.73. The maximum Gasteiger partial charge on any atom is 0.0798 e. The summed E-state index contributed by atoms with van der Waals surface area (Å²) in [6, 6.07) is 11.1. The van der Waals surface area contributed by atoms with Gasteiger partial charge in [-0.15, -0.1) is 11.3 Å². The zero-order chi connectivity index (χ0) is 13.7. The van der Waals surface area contributed by atoms with Crippen LogP contribution in [-0.4, -0.2) is 4.98 Å². The van der Waals surface area contributed by atoms with Crippen LogP contribution in [0.25, 0.3) is 0 Å². The van der Waals surface area contributed by atoms with E-state index in [1.165, 1.54) is 10.4 Å². The first kappa shape index (κ1) is 14.2. The van der Waals surface area contributed by atoms with Crippen LogP contribution < -0.4 is 5.32 Å². The summed E-state index contributed by atoms with van der Waals surface area (Å²) in [5.41, 5.74) is 4.44. The predicted molar refractivity (Wildman–Crippen MR) is 82.3 cm³/mol. The summed E-state index contributed by atoms with van der Waals surface area (Å²) in [5, 5.41) is 3.68. The third-order valence-corrected chi connectivity index (χ3v) is 4.20. The van der Waals surface area contributed by atoms with Gasteiger partial charge in [-0.3, -0.25) is 0 Å². The van der Waals surface area contributed by atoms with Crippen LogP contribution in [0, 0.1) is 12.8 Å². The standard InChI is InChI=1S/C16H22N2S/c1-12(2)9-15(14-7-5-4-6-8-14)17-10-16-13(3)18-11-19-16/h4-8,11-12,15,17H,9-10H2,1-3H3. The van der Waals surface area contributed by atoms with Crippen molar-refractivity contribution < 1.29 is 0 Å². The Hall–Kier alpha value is -1.19. The minimum atomic E-state index is 0.419. The van der Waals surface area contributed by atoms with E-state index in [2.05, 4.69) is 61.4 Å². The van der Waals surface area contributed by atoms with Gasteiger partial charge in [-0.25, -0.2) is 4.98 Å².